The highest BCUT2D eigenvalue weighted by molar-refractivity contribution is 7.80. The molecule has 2 nitrogen and oxygen atoms in total. The van der Waals surface area contributed by atoms with Crippen molar-refractivity contribution >= 4 is 28.8 Å². The second-order valence-corrected chi connectivity index (χ2v) is 5.89. The van der Waals surface area contributed by atoms with Crippen LogP contribution in [-0.4, -0.2) is 11.6 Å². The first-order valence-electron chi connectivity index (χ1n) is 6.59. The van der Waals surface area contributed by atoms with Crippen LogP contribution in [0.15, 0.2) is 6.07 Å². The molecule has 0 heterocycles. The fourth-order valence-electron chi connectivity index (χ4n) is 2.27. The summed E-state index contributed by atoms with van der Waals surface area (Å²) in [5.74, 6) is 1.15. The Morgan fingerprint density at radius 3 is 2.63 bits per heavy atom. The Bertz CT molecular complexity index is 474. The molecule has 0 spiro atoms. The molecule has 0 saturated heterocycles. The summed E-state index contributed by atoms with van der Waals surface area (Å²) in [7, 11) is 0. The van der Waals surface area contributed by atoms with Gasteiger partial charge in [-0.25, -0.2) is 0 Å². The molecule has 0 fully saturated rings. The van der Waals surface area contributed by atoms with Crippen LogP contribution in [0.1, 0.15) is 49.3 Å². The van der Waals surface area contributed by atoms with Crippen LogP contribution in [0.5, 0.6) is 5.75 Å². The summed E-state index contributed by atoms with van der Waals surface area (Å²) in [4.78, 5) is 0.519. The Kier molecular flexibility index (Phi) is 6.08. The van der Waals surface area contributed by atoms with Gasteiger partial charge in [0, 0.05) is 17.0 Å². The topological polar surface area (TPSA) is 35.2 Å². The van der Waals surface area contributed by atoms with Gasteiger partial charge < -0.3 is 10.5 Å². The van der Waals surface area contributed by atoms with Crippen molar-refractivity contribution in [3.8, 4) is 5.75 Å². The van der Waals surface area contributed by atoms with Crippen LogP contribution in [-0.2, 0) is 0 Å². The van der Waals surface area contributed by atoms with E-state index in [9.17, 15) is 0 Å². The Morgan fingerprint density at radius 1 is 1.47 bits per heavy atom. The number of ether oxygens (including phenoxy) is 1. The number of rotatable bonds is 6. The van der Waals surface area contributed by atoms with Crippen LogP contribution in [0, 0.1) is 13.8 Å². The van der Waals surface area contributed by atoms with Gasteiger partial charge in [-0.05, 0) is 43.4 Å². The highest BCUT2D eigenvalue weighted by Gasteiger charge is 2.19. The lowest BCUT2D eigenvalue weighted by Crippen LogP contribution is -2.14. The molecular formula is C15H22ClNOS. The fraction of sp³-hybridized carbons (Fsp3) is 0.533. The standard InChI is InChI=1S/C15H22ClNOS/c1-5-6-18-15-10(3)7-12(16)11(4)14(15)9(2)8-13(17)19/h7,9H,5-6,8H2,1-4H3,(H2,17,19). The zero-order valence-electron chi connectivity index (χ0n) is 12.0. The molecule has 0 aliphatic heterocycles. The maximum absolute atomic E-state index is 6.29. The number of aryl methyl sites for hydroxylation is 1. The van der Waals surface area contributed by atoms with Crippen LogP contribution in [0.25, 0.3) is 0 Å². The van der Waals surface area contributed by atoms with Gasteiger partial charge >= 0.3 is 0 Å². The Morgan fingerprint density at radius 2 is 2.11 bits per heavy atom. The average Bonchev–Trinajstić information content (AvgIpc) is 2.30. The molecule has 1 atom stereocenters. The van der Waals surface area contributed by atoms with E-state index in [2.05, 4.69) is 13.8 Å². The molecule has 1 aromatic rings. The molecular weight excluding hydrogens is 278 g/mol. The van der Waals surface area contributed by atoms with Crippen LogP contribution in [0.4, 0.5) is 0 Å². The van der Waals surface area contributed by atoms with E-state index in [-0.39, 0.29) is 5.92 Å². The molecule has 0 radical (unpaired) electrons. The highest BCUT2D eigenvalue weighted by atomic mass is 35.5. The van der Waals surface area contributed by atoms with E-state index in [0.717, 1.165) is 33.9 Å². The SMILES string of the molecule is CCCOc1c(C)cc(Cl)c(C)c1C(C)CC(N)=S. The van der Waals surface area contributed by atoms with E-state index in [4.69, 9.17) is 34.3 Å². The zero-order valence-corrected chi connectivity index (χ0v) is 13.6. The molecule has 0 saturated carbocycles. The average molecular weight is 300 g/mol. The summed E-state index contributed by atoms with van der Waals surface area (Å²) in [6.07, 6.45) is 1.64. The molecule has 0 aliphatic carbocycles. The van der Waals surface area contributed by atoms with Crippen LogP contribution >= 0.6 is 23.8 Å². The lowest BCUT2D eigenvalue weighted by Gasteiger charge is -2.22. The van der Waals surface area contributed by atoms with Crippen molar-refractivity contribution in [1.29, 1.82) is 0 Å². The zero-order chi connectivity index (χ0) is 14.6. The van der Waals surface area contributed by atoms with Gasteiger partial charge in [0.05, 0.1) is 11.6 Å². The summed E-state index contributed by atoms with van der Waals surface area (Å²) in [6.45, 7) is 8.94. The Balaban J connectivity index is 3.27. The maximum atomic E-state index is 6.29. The molecule has 4 heteroatoms. The largest absolute Gasteiger partial charge is 0.493 e. The third kappa shape index (κ3) is 4.08. The molecule has 1 aromatic carbocycles. The van der Waals surface area contributed by atoms with Gasteiger partial charge in [-0.1, -0.05) is 37.7 Å². The number of benzene rings is 1. The molecule has 0 amide bonds. The van der Waals surface area contributed by atoms with Crippen molar-refractivity contribution < 1.29 is 4.74 Å². The normalized spacial score (nSPS) is 12.3. The van der Waals surface area contributed by atoms with Crippen molar-refractivity contribution in [3.63, 3.8) is 0 Å². The Hall–Kier alpha value is -0.800. The van der Waals surface area contributed by atoms with E-state index in [1.807, 2.05) is 19.9 Å². The summed E-state index contributed by atoms with van der Waals surface area (Å²) in [5.41, 5.74) is 8.92. The first kappa shape index (κ1) is 16.3. The van der Waals surface area contributed by atoms with Crippen molar-refractivity contribution in [2.24, 2.45) is 5.73 Å². The third-order valence-corrected chi connectivity index (χ3v) is 3.72. The predicted molar refractivity (Wildman–Crippen MR) is 86.5 cm³/mol. The van der Waals surface area contributed by atoms with E-state index >= 15 is 0 Å². The van der Waals surface area contributed by atoms with Gasteiger partial charge in [0.15, 0.2) is 0 Å². The van der Waals surface area contributed by atoms with E-state index in [0.29, 0.717) is 18.0 Å². The summed E-state index contributed by atoms with van der Waals surface area (Å²) in [6, 6.07) is 1.96. The molecule has 19 heavy (non-hydrogen) atoms. The molecule has 1 rings (SSSR count). The smallest absolute Gasteiger partial charge is 0.126 e. The van der Waals surface area contributed by atoms with Gasteiger partial charge in [-0.15, -0.1) is 0 Å². The second-order valence-electron chi connectivity index (χ2n) is 4.96. The van der Waals surface area contributed by atoms with Crippen LogP contribution in [0.2, 0.25) is 5.02 Å². The summed E-state index contributed by atoms with van der Waals surface area (Å²) < 4.78 is 5.91. The van der Waals surface area contributed by atoms with Gasteiger partial charge in [0.25, 0.3) is 0 Å². The minimum absolute atomic E-state index is 0.210. The monoisotopic (exact) mass is 299 g/mol. The van der Waals surface area contributed by atoms with E-state index < -0.39 is 0 Å². The number of hydrogen-bond acceptors (Lipinski definition) is 2. The predicted octanol–water partition coefficient (Wildman–Crippen LogP) is 4.53. The van der Waals surface area contributed by atoms with E-state index in [1.54, 1.807) is 0 Å². The summed E-state index contributed by atoms with van der Waals surface area (Å²) in [5, 5.41) is 0.770. The minimum Gasteiger partial charge on any atom is -0.493 e. The van der Waals surface area contributed by atoms with Crippen molar-refractivity contribution in [3.05, 3.63) is 27.8 Å². The lowest BCUT2D eigenvalue weighted by atomic mass is 9.91. The number of hydrogen-bond donors (Lipinski definition) is 1. The minimum atomic E-state index is 0.210. The fourth-order valence-corrected chi connectivity index (χ4v) is 2.78. The molecule has 0 aliphatic rings. The third-order valence-electron chi connectivity index (χ3n) is 3.16. The lowest BCUT2D eigenvalue weighted by molar-refractivity contribution is 0.310. The van der Waals surface area contributed by atoms with Crippen LogP contribution in [0.3, 0.4) is 0 Å². The quantitative estimate of drug-likeness (QED) is 0.784. The van der Waals surface area contributed by atoms with Gasteiger partial charge in [-0.3, -0.25) is 0 Å². The van der Waals surface area contributed by atoms with Crippen molar-refractivity contribution in [1.82, 2.24) is 0 Å². The first-order valence-corrected chi connectivity index (χ1v) is 7.37. The number of halogens is 1. The van der Waals surface area contributed by atoms with Gasteiger partial charge in [-0.2, -0.15) is 0 Å². The Labute approximate surface area is 126 Å². The van der Waals surface area contributed by atoms with Crippen molar-refractivity contribution in [2.45, 2.75) is 46.5 Å². The molecule has 106 valence electrons. The van der Waals surface area contributed by atoms with Crippen LogP contribution < -0.4 is 10.5 Å². The van der Waals surface area contributed by atoms with Gasteiger partial charge in [0.2, 0.25) is 0 Å². The maximum Gasteiger partial charge on any atom is 0.126 e. The van der Waals surface area contributed by atoms with Crippen molar-refractivity contribution in [2.75, 3.05) is 6.61 Å². The second kappa shape index (κ2) is 7.11. The first-order chi connectivity index (χ1) is 8.88. The van der Waals surface area contributed by atoms with Gasteiger partial charge in [0.1, 0.15) is 5.75 Å². The number of nitrogens with two attached hydrogens (primary N) is 1. The highest BCUT2D eigenvalue weighted by Crippen LogP contribution is 2.38. The van der Waals surface area contributed by atoms with E-state index in [1.165, 1.54) is 0 Å². The number of thiocarbonyl (C=S) groups is 1. The molecule has 1 unspecified atom stereocenters. The summed E-state index contributed by atoms with van der Waals surface area (Å²) >= 11 is 11.3. The molecule has 0 bridgehead atoms. The molecule has 0 aromatic heterocycles. The molecule has 2 N–H and O–H groups in total.